The number of aryl methyl sites for hydroxylation is 2. The normalized spacial score (nSPS) is 11.2. The number of hydrogen-bond donors (Lipinski definition) is 1. The number of carbonyl (C=O) groups is 3. The number of rotatable bonds is 7. The summed E-state index contributed by atoms with van der Waals surface area (Å²) < 4.78 is 5.10. The predicted molar refractivity (Wildman–Crippen MR) is 105 cm³/mol. The molecule has 0 aliphatic heterocycles. The van der Waals surface area contributed by atoms with Gasteiger partial charge in [0, 0.05) is 12.0 Å². The highest BCUT2D eigenvalue weighted by Crippen LogP contribution is 2.15. The van der Waals surface area contributed by atoms with E-state index in [1.165, 1.54) is 6.92 Å². The Kier molecular flexibility index (Phi) is 7.05. The maximum absolute atomic E-state index is 12.2. The van der Waals surface area contributed by atoms with Gasteiger partial charge in [0.15, 0.2) is 11.9 Å². The number of nitriles is 1. The van der Waals surface area contributed by atoms with Crippen LogP contribution in [0.25, 0.3) is 0 Å². The molecule has 0 unspecified atom stereocenters. The number of hydrogen-bond acceptors (Lipinski definition) is 5. The minimum absolute atomic E-state index is 0.00688. The van der Waals surface area contributed by atoms with Crippen LogP contribution in [0.4, 0.5) is 5.69 Å². The van der Waals surface area contributed by atoms with Gasteiger partial charge < -0.3 is 10.1 Å². The van der Waals surface area contributed by atoms with Crippen molar-refractivity contribution in [3.8, 4) is 6.07 Å². The molecular weight excluding hydrogens is 356 g/mol. The number of esters is 1. The molecule has 6 heteroatoms. The summed E-state index contributed by atoms with van der Waals surface area (Å²) in [6, 6.07) is 13.9. The van der Waals surface area contributed by atoms with Crippen LogP contribution in [0.15, 0.2) is 42.5 Å². The smallest absolute Gasteiger partial charge is 0.307 e. The van der Waals surface area contributed by atoms with E-state index in [0.29, 0.717) is 16.8 Å². The van der Waals surface area contributed by atoms with Gasteiger partial charge in [0.25, 0.3) is 5.91 Å². The second kappa shape index (κ2) is 9.47. The maximum atomic E-state index is 12.2. The van der Waals surface area contributed by atoms with Gasteiger partial charge in [-0.1, -0.05) is 24.3 Å². The van der Waals surface area contributed by atoms with Gasteiger partial charge in [-0.3, -0.25) is 14.4 Å². The highest BCUT2D eigenvalue weighted by molar-refractivity contribution is 5.98. The number of carbonyl (C=O) groups excluding carboxylic acids is 3. The molecule has 2 aromatic carbocycles. The van der Waals surface area contributed by atoms with E-state index in [9.17, 15) is 14.4 Å². The Bertz CT molecular complexity index is 944. The van der Waals surface area contributed by atoms with Crippen LogP contribution in [-0.2, 0) is 14.3 Å². The van der Waals surface area contributed by atoms with Gasteiger partial charge in [0.05, 0.1) is 17.7 Å². The number of ketones is 1. The Morgan fingerprint density at radius 3 is 2.46 bits per heavy atom. The van der Waals surface area contributed by atoms with Crippen molar-refractivity contribution in [2.45, 2.75) is 39.7 Å². The van der Waals surface area contributed by atoms with Gasteiger partial charge in [-0.25, -0.2) is 0 Å². The second-order valence-electron chi connectivity index (χ2n) is 6.50. The molecule has 1 atom stereocenters. The third kappa shape index (κ3) is 5.52. The molecule has 0 spiro atoms. The Hall–Kier alpha value is -3.46. The SMILES string of the molecule is Cc1ccc(C(=O)CCC(=O)O[C@H](C)C(=O)Nc2ccccc2C#N)cc1C. The largest absolute Gasteiger partial charge is 0.453 e. The van der Waals surface area contributed by atoms with E-state index in [1.807, 2.05) is 26.0 Å². The molecule has 0 saturated heterocycles. The number of amides is 1. The molecule has 0 saturated carbocycles. The molecule has 0 bridgehead atoms. The van der Waals surface area contributed by atoms with Crippen LogP contribution in [0, 0.1) is 25.2 Å². The molecule has 6 nitrogen and oxygen atoms in total. The van der Waals surface area contributed by atoms with Crippen LogP contribution in [0.2, 0.25) is 0 Å². The van der Waals surface area contributed by atoms with E-state index in [1.54, 1.807) is 36.4 Å². The van der Waals surface area contributed by atoms with Crippen molar-refractivity contribution in [2.24, 2.45) is 0 Å². The molecule has 0 aliphatic carbocycles. The Balaban J connectivity index is 1.86. The summed E-state index contributed by atoms with van der Waals surface area (Å²) in [6.07, 6.45) is -1.15. The Labute approximate surface area is 164 Å². The maximum Gasteiger partial charge on any atom is 0.307 e. The molecule has 0 heterocycles. The minimum Gasteiger partial charge on any atom is -0.453 e. The van der Waals surface area contributed by atoms with Crippen molar-refractivity contribution in [1.82, 2.24) is 0 Å². The van der Waals surface area contributed by atoms with Gasteiger partial charge in [-0.05, 0) is 50.1 Å². The number of benzene rings is 2. The van der Waals surface area contributed by atoms with Crippen molar-refractivity contribution < 1.29 is 19.1 Å². The minimum atomic E-state index is -1.05. The first-order chi connectivity index (χ1) is 13.3. The topological polar surface area (TPSA) is 96.3 Å². The van der Waals surface area contributed by atoms with E-state index in [0.717, 1.165) is 11.1 Å². The van der Waals surface area contributed by atoms with Gasteiger partial charge in [0.1, 0.15) is 6.07 Å². The summed E-state index contributed by atoms with van der Waals surface area (Å²) in [6.45, 7) is 5.32. The number of ether oxygens (including phenoxy) is 1. The zero-order chi connectivity index (χ0) is 20.7. The summed E-state index contributed by atoms with van der Waals surface area (Å²) in [5, 5.41) is 11.6. The standard InChI is InChI=1S/C22H22N2O4/c1-14-8-9-17(12-15(14)2)20(25)10-11-21(26)28-16(3)22(27)24-19-7-5-4-6-18(19)13-23/h4-9,12,16H,10-11H2,1-3H3,(H,24,27)/t16-/m1/s1. The Morgan fingerprint density at radius 2 is 1.79 bits per heavy atom. The molecule has 28 heavy (non-hydrogen) atoms. The fraction of sp³-hybridized carbons (Fsp3) is 0.273. The first kappa shape index (κ1) is 20.8. The third-order valence-electron chi connectivity index (χ3n) is 4.37. The molecule has 144 valence electrons. The van der Waals surface area contributed by atoms with Crippen molar-refractivity contribution in [2.75, 3.05) is 5.32 Å². The van der Waals surface area contributed by atoms with Crippen LogP contribution in [0.3, 0.4) is 0 Å². The number of anilines is 1. The van der Waals surface area contributed by atoms with Crippen LogP contribution in [-0.4, -0.2) is 23.8 Å². The number of nitrogens with zero attached hydrogens (tertiary/aromatic N) is 1. The van der Waals surface area contributed by atoms with Gasteiger partial charge in [-0.15, -0.1) is 0 Å². The first-order valence-electron chi connectivity index (χ1n) is 8.91. The summed E-state index contributed by atoms with van der Waals surface area (Å²) in [5.74, 6) is -1.33. The van der Waals surface area contributed by atoms with Crippen LogP contribution in [0.5, 0.6) is 0 Å². The van der Waals surface area contributed by atoms with E-state index in [4.69, 9.17) is 10.00 Å². The molecule has 1 amide bonds. The van der Waals surface area contributed by atoms with E-state index in [-0.39, 0.29) is 18.6 Å². The van der Waals surface area contributed by atoms with E-state index < -0.39 is 18.0 Å². The van der Waals surface area contributed by atoms with E-state index >= 15 is 0 Å². The van der Waals surface area contributed by atoms with Crippen molar-refractivity contribution in [1.29, 1.82) is 5.26 Å². The summed E-state index contributed by atoms with van der Waals surface area (Å²) in [7, 11) is 0. The summed E-state index contributed by atoms with van der Waals surface area (Å²) in [4.78, 5) is 36.4. The van der Waals surface area contributed by atoms with Crippen molar-refractivity contribution in [3.05, 3.63) is 64.7 Å². The van der Waals surface area contributed by atoms with E-state index in [2.05, 4.69) is 5.32 Å². The number of para-hydroxylation sites is 1. The number of nitrogens with one attached hydrogen (secondary N) is 1. The van der Waals surface area contributed by atoms with Gasteiger partial charge >= 0.3 is 5.97 Å². The van der Waals surface area contributed by atoms with Crippen molar-refractivity contribution >= 4 is 23.3 Å². The zero-order valence-corrected chi connectivity index (χ0v) is 16.1. The second-order valence-corrected chi connectivity index (χ2v) is 6.50. The number of Topliss-reactive ketones (excluding diaryl/α,β-unsaturated/α-hetero) is 1. The fourth-order valence-electron chi connectivity index (χ4n) is 2.51. The molecule has 1 N–H and O–H groups in total. The lowest BCUT2D eigenvalue weighted by Gasteiger charge is -2.14. The lowest BCUT2D eigenvalue weighted by atomic mass is 10.0. The molecular formula is C22H22N2O4. The Morgan fingerprint density at radius 1 is 1.07 bits per heavy atom. The molecule has 0 aliphatic rings. The van der Waals surface area contributed by atoms with Crippen LogP contribution in [0.1, 0.15) is 46.8 Å². The zero-order valence-electron chi connectivity index (χ0n) is 16.1. The average Bonchev–Trinajstić information content (AvgIpc) is 2.68. The van der Waals surface area contributed by atoms with Crippen molar-refractivity contribution in [3.63, 3.8) is 0 Å². The van der Waals surface area contributed by atoms with Gasteiger partial charge in [-0.2, -0.15) is 5.26 Å². The molecule has 0 fully saturated rings. The summed E-state index contributed by atoms with van der Waals surface area (Å²) in [5.41, 5.74) is 3.32. The molecule has 2 rings (SSSR count). The van der Waals surface area contributed by atoms with Crippen LogP contribution >= 0.6 is 0 Å². The highest BCUT2D eigenvalue weighted by atomic mass is 16.5. The summed E-state index contributed by atoms with van der Waals surface area (Å²) >= 11 is 0. The molecule has 0 radical (unpaired) electrons. The fourth-order valence-corrected chi connectivity index (χ4v) is 2.51. The van der Waals surface area contributed by atoms with Gasteiger partial charge in [0.2, 0.25) is 0 Å². The quantitative estimate of drug-likeness (QED) is 0.585. The predicted octanol–water partition coefficient (Wildman–Crippen LogP) is 3.71. The highest BCUT2D eigenvalue weighted by Gasteiger charge is 2.19. The first-order valence-corrected chi connectivity index (χ1v) is 8.91. The van der Waals surface area contributed by atoms with Crippen LogP contribution < -0.4 is 5.32 Å². The monoisotopic (exact) mass is 378 g/mol. The lowest BCUT2D eigenvalue weighted by molar-refractivity contribution is -0.153. The molecule has 2 aromatic rings. The average molecular weight is 378 g/mol. The molecule has 0 aromatic heterocycles. The third-order valence-corrected chi connectivity index (χ3v) is 4.37. The lowest BCUT2D eigenvalue weighted by Crippen LogP contribution is -2.30.